The fourth-order valence-electron chi connectivity index (χ4n) is 2.90. The third-order valence-corrected chi connectivity index (χ3v) is 5.65. The molecular weight excluding hydrogens is 404 g/mol. The number of phenolic OH excluding ortho intramolecular Hbond substituents is 1. The number of aliphatic hydroxyl groups is 1. The Kier molecular flexibility index (Phi) is 9.20. The zero-order valence-electron chi connectivity index (χ0n) is 17.5. The first kappa shape index (κ1) is 23.8. The predicted molar refractivity (Wildman–Crippen MR) is 116 cm³/mol. The van der Waals surface area contributed by atoms with Gasteiger partial charge in [-0.2, -0.15) is 0 Å². The molecule has 162 valence electrons. The number of carbonyl (C=O) groups excluding carboxylic acids is 2. The van der Waals surface area contributed by atoms with Crippen LogP contribution >= 0.6 is 11.8 Å². The molecule has 1 unspecified atom stereocenters. The van der Waals surface area contributed by atoms with Crippen molar-refractivity contribution in [2.45, 2.75) is 44.1 Å². The van der Waals surface area contributed by atoms with Gasteiger partial charge < -0.3 is 19.7 Å². The summed E-state index contributed by atoms with van der Waals surface area (Å²) in [6, 6.07) is 10.7. The van der Waals surface area contributed by atoms with Crippen LogP contribution in [0, 0.1) is 0 Å². The summed E-state index contributed by atoms with van der Waals surface area (Å²) in [5.74, 6) is 0.378. The lowest BCUT2D eigenvalue weighted by molar-refractivity contribution is -0.139. The second-order valence-electron chi connectivity index (χ2n) is 6.92. The molecule has 2 aromatic carbocycles. The normalized spacial score (nSPS) is 11.7. The van der Waals surface area contributed by atoms with Crippen molar-refractivity contribution in [2.24, 2.45) is 0 Å². The largest absolute Gasteiger partial charge is 0.507 e. The molecule has 0 aromatic heterocycles. The average Bonchev–Trinajstić information content (AvgIpc) is 2.73. The Morgan fingerprint density at radius 1 is 1.13 bits per heavy atom. The van der Waals surface area contributed by atoms with Crippen LogP contribution in [0.3, 0.4) is 0 Å². The van der Waals surface area contributed by atoms with Crippen LogP contribution < -0.4 is 4.74 Å². The van der Waals surface area contributed by atoms with E-state index in [1.165, 1.54) is 25.8 Å². The summed E-state index contributed by atoms with van der Waals surface area (Å²) in [7, 11) is 1.36. The lowest BCUT2D eigenvalue weighted by atomic mass is 10.0. The molecule has 0 aliphatic rings. The Bertz CT molecular complexity index is 863. The molecule has 30 heavy (non-hydrogen) atoms. The van der Waals surface area contributed by atoms with Gasteiger partial charge in [-0.25, -0.2) is 0 Å². The van der Waals surface area contributed by atoms with E-state index in [1.807, 2.05) is 31.2 Å². The highest BCUT2D eigenvalue weighted by Gasteiger charge is 2.17. The van der Waals surface area contributed by atoms with Crippen molar-refractivity contribution in [1.82, 2.24) is 0 Å². The molecule has 2 rings (SSSR count). The lowest BCUT2D eigenvalue weighted by Gasteiger charge is -2.17. The maximum atomic E-state index is 11.6. The van der Waals surface area contributed by atoms with Crippen molar-refractivity contribution < 1.29 is 29.3 Å². The van der Waals surface area contributed by atoms with Crippen LogP contribution in [0.4, 0.5) is 0 Å². The van der Waals surface area contributed by atoms with Crippen LogP contribution in [0.2, 0.25) is 0 Å². The summed E-state index contributed by atoms with van der Waals surface area (Å²) in [6.07, 6.45) is 0.877. The molecule has 0 amide bonds. The van der Waals surface area contributed by atoms with E-state index in [1.54, 1.807) is 12.1 Å². The van der Waals surface area contributed by atoms with Crippen LogP contribution in [0.15, 0.2) is 41.3 Å². The Hall–Kier alpha value is -2.51. The van der Waals surface area contributed by atoms with Crippen molar-refractivity contribution in [1.29, 1.82) is 0 Å². The van der Waals surface area contributed by atoms with Crippen LogP contribution in [-0.4, -0.2) is 47.5 Å². The SMILES string of the molecule is CCCc1c(OCC(O)CSc2ccc(CC(=O)OC)cc2)ccc(C(C)=O)c1O. The minimum Gasteiger partial charge on any atom is -0.507 e. The first-order chi connectivity index (χ1) is 14.3. The van der Waals surface area contributed by atoms with E-state index in [4.69, 9.17) is 4.74 Å². The summed E-state index contributed by atoms with van der Waals surface area (Å²) in [4.78, 5) is 23.9. The summed E-state index contributed by atoms with van der Waals surface area (Å²) in [5, 5.41) is 20.7. The van der Waals surface area contributed by atoms with Gasteiger partial charge in [-0.1, -0.05) is 25.5 Å². The summed E-state index contributed by atoms with van der Waals surface area (Å²) >= 11 is 1.48. The van der Waals surface area contributed by atoms with E-state index in [-0.39, 0.29) is 36.1 Å². The summed E-state index contributed by atoms with van der Waals surface area (Å²) in [5.41, 5.74) is 1.73. The highest BCUT2D eigenvalue weighted by atomic mass is 32.2. The molecule has 2 N–H and O–H groups in total. The average molecular weight is 433 g/mol. The number of thioether (sulfide) groups is 1. The predicted octanol–water partition coefficient (Wildman–Crippen LogP) is 3.79. The number of methoxy groups -OCH3 is 1. The Morgan fingerprint density at radius 2 is 1.83 bits per heavy atom. The molecule has 0 aliphatic heterocycles. The minimum atomic E-state index is -0.714. The number of Topliss-reactive ketones (excluding diaryl/α,β-unsaturated/α-hetero) is 1. The number of ketones is 1. The number of esters is 1. The summed E-state index contributed by atoms with van der Waals surface area (Å²) in [6.45, 7) is 3.46. The lowest BCUT2D eigenvalue weighted by Crippen LogP contribution is -2.20. The van der Waals surface area contributed by atoms with Gasteiger partial charge in [-0.3, -0.25) is 9.59 Å². The maximum Gasteiger partial charge on any atom is 0.309 e. The van der Waals surface area contributed by atoms with Crippen LogP contribution in [0.1, 0.15) is 41.8 Å². The van der Waals surface area contributed by atoms with Gasteiger partial charge in [0, 0.05) is 16.2 Å². The number of aromatic hydroxyl groups is 1. The van der Waals surface area contributed by atoms with Crippen molar-refractivity contribution in [3.8, 4) is 11.5 Å². The van der Waals surface area contributed by atoms with Crippen molar-refractivity contribution in [3.05, 3.63) is 53.1 Å². The number of phenols is 1. The number of ether oxygens (including phenoxy) is 2. The van der Waals surface area contributed by atoms with Crippen molar-refractivity contribution in [2.75, 3.05) is 19.5 Å². The third kappa shape index (κ3) is 6.78. The smallest absolute Gasteiger partial charge is 0.309 e. The number of hydrogen-bond acceptors (Lipinski definition) is 7. The topological polar surface area (TPSA) is 93.1 Å². The van der Waals surface area contributed by atoms with E-state index >= 15 is 0 Å². The molecule has 1 atom stereocenters. The van der Waals surface area contributed by atoms with Gasteiger partial charge in [0.2, 0.25) is 0 Å². The van der Waals surface area contributed by atoms with E-state index in [2.05, 4.69) is 4.74 Å². The van der Waals surface area contributed by atoms with E-state index < -0.39 is 6.10 Å². The first-order valence-electron chi connectivity index (χ1n) is 9.80. The number of benzene rings is 2. The molecule has 0 bridgehead atoms. The Labute approximate surface area is 181 Å². The van der Waals surface area contributed by atoms with E-state index in [0.717, 1.165) is 16.9 Å². The first-order valence-corrected chi connectivity index (χ1v) is 10.8. The Morgan fingerprint density at radius 3 is 2.43 bits per heavy atom. The molecule has 6 nitrogen and oxygen atoms in total. The van der Waals surface area contributed by atoms with Gasteiger partial charge in [0.15, 0.2) is 5.78 Å². The number of hydrogen-bond donors (Lipinski definition) is 2. The molecule has 0 saturated heterocycles. The zero-order valence-corrected chi connectivity index (χ0v) is 18.3. The Balaban J connectivity index is 1.91. The van der Waals surface area contributed by atoms with Gasteiger partial charge in [0.1, 0.15) is 18.1 Å². The standard InChI is InChI=1S/C23H28O6S/c1-4-5-20-21(11-10-19(15(2)24)23(20)27)29-13-17(25)14-30-18-8-6-16(7-9-18)12-22(26)28-3/h6-11,17,25,27H,4-5,12-14H2,1-3H3. The van der Waals surface area contributed by atoms with Gasteiger partial charge >= 0.3 is 5.97 Å². The molecule has 0 aliphatic carbocycles. The van der Waals surface area contributed by atoms with Crippen LogP contribution in [0.25, 0.3) is 0 Å². The number of aliphatic hydroxyl groups excluding tert-OH is 1. The fraction of sp³-hybridized carbons (Fsp3) is 0.391. The minimum absolute atomic E-state index is 0.0437. The monoisotopic (exact) mass is 432 g/mol. The van der Waals surface area contributed by atoms with Crippen molar-refractivity contribution >= 4 is 23.5 Å². The molecule has 0 heterocycles. The maximum absolute atomic E-state index is 11.6. The third-order valence-electron chi connectivity index (χ3n) is 4.49. The zero-order chi connectivity index (χ0) is 22.1. The van der Waals surface area contributed by atoms with Crippen LogP contribution in [-0.2, 0) is 22.4 Å². The highest BCUT2D eigenvalue weighted by molar-refractivity contribution is 7.99. The summed E-state index contributed by atoms with van der Waals surface area (Å²) < 4.78 is 10.4. The van der Waals surface area contributed by atoms with Gasteiger partial charge in [0.05, 0.1) is 25.2 Å². The fourth-order valence-corrected chi connectivity index (χ4v) is 3.71. The molecule has 2 aromatic rings. The molecule has 0 radical (unpaired) electrons. The molecular formula is C23H28O6S. The second-order valence-corrected chi connectivity index (χ2v) is 8.01. The number of rotatable bonds is 11. The molecule has 0 spiro atoms. The van der Waals surface area contributed by atoms with E-state index in [9.17, 15) is 19.8 Å². The van der Waals surface area contributed by atoms with Gasteiger partial charge in [0.25, 0.3) is 0 Å². The molecule has 0 fully saturated rings. The quantitative estimate of drug-likeness (QED) is 0.317. The van der Waals surface area contributed by atoms with Crippen LogP contribution in [0.5, 0.6) is 11.5 Å². The molecule has 7 heteroatoms. The van der Waals surface area contributed by atoms with Gasteiger partial charge in [-0.05, 0) is 43.2 Å². The van der Waals surface area contributed by atoms with E-state index in [0.29, 0.717) is 23.5 Å². The second kappa shape index (κ2) is 11.6. The number of carbonyl (C=O) groups is 2. The highest BCUT2D eigenvalue weighted by Crippen LogP contribution is 2.33. The molecule has 0 saturated carbocycles. The van der Waals surface area contributed by atoms with Crippen molar-refractivity contribution in [3.63, 3.8) is 0 Å². The van der Waals surface area contributed by atoms with Gasteiger partial charge in [-0.15, -0.1) is 11.8 Å².